The maximum absolute atomic E-state index is 13.5. The van der Waals surface area contributed by atoms with Gasteiger partial charge in [-0.2, -0.15) is 10.1 Å². The first-order valence-electron chi connectivity index (χ1n) is 9.62. The van der Waals surface area contributed by atoms with Gasteiger partial charge < -0.3 is 4.74 Å². The molecule has 1 aliphatic rings. The van der Waals surface area contributed by atoms with Crippen molar-refractivity contribution < 1.29 is 4.74 Å². The zero-order valence-electron chi connectivity index (χ0n) is 17.3. The topological polar surface area (TPSA) is 86.7 Å². The molecule has 9 nitrogen and oxygen atoms in total. The summed E-state index contributed by atoms with van der Waals surface area (Å²) in [4.78, 5) is 31.1. The second-order valence-corrected chi connectivity index (χ2v) is 7.72. The molecule has 0 unspecified atom stereocenters. The highest BCUT2D eigenvalue weighted by molar-refractivity contribution is 6.31. The Labute approximate surface area is 177 Å². The molecular formula is C20H23ClN6O3. The zero-order valence-corrected chi connectivity index (χ0v) is 18.0. The number of halogens is 1. The van der Waals surface area contributed by atoms with Crippen LogP contribution in [0, 0.1) is 0 Å². The number of hydrogen-bond acceptors (Lipinski definition) is 6. The number of methoxy groups -OCH3 is 1. The summed E-state index contributed by atoms with van der Waals surface area (Å²) in [6, 6.07) is 6.99. The Morgan fingerprint density at radius 1 is 1.23 bits per heavy atom. The molecule has 1 aliphatic heterocycles. The van der Waals surface area contributed by atoms with Crippen molar-refractivity contribution in [3.8, 4) is 0 Å². The molecule has 3 aromatic rings. The minimum absolute atomic E-state index is 0.0798. The van der Waals surface area contributed by atoms with Gasteiger partial charge >= 0.3 is 5.69 Å². The van der Waals surface area contributed by atoms with Crippen molar-refractivity contribution in [3.05, 3.63) is 55.7 Å². The first-order chi connectivity index (χ1) is 14.3. The number of rotatable bonds is 5. The number of hydrazone groups is 1. The predicted octanol–water partition coefficient (Wildman–Crippen LogP) is 2.00. The quantitative estimate of drug-likeness (QED) is 0.618. The third-order valence-corrected chi connectivity index (χ3v) is 5.82. The Morgan fingerprint density at radius 2 is 1.97 bits per heavy atom. The van der Waals surface area contributed by atoms with E-state index in [4.69, 9.17) is 16.3 Å². The molecule has 30 heavy (non-hydrogen) atoms. The molecule has 0 spiro atoms. The number of nitrogens with zero attached hydrogens (tertiary/aromatic N) is 6. The van der Waals surface area contributed by atoms with Crippen molar-refractivity contribution in [3.63, 3.8) is 0 Å². The molecule has 2 aromatic heterocycles. The summed E-state index contributed by atoms with van der Waals surface area (Å²) in [5, 5.41) is 6.81. The second-order valence-electron chi connectivity index (χ2n) is 7.31. The molecule has 4 rings (SSSR count). The van der Waals surface area contributed by atoms with E-state index in [-0.39, 0.29) is 12.6 Å². The molecule has 3 heterocycles. The van der Waals surface area contributed by atoms with Gasteiger partial charge in [0.2, 0.25) is 5.95 Å². The smallest absolute Gasteiger partial charge is 0.332 e. The molecule has 0 amide bonds. The van der Waals surface area contributed by atoms with E-state index in [1.807, 2.05) is 30.5 Å². The summed E-state index contributed by atoms with van der Waals surface area (Å²) in [6.45, 7) is 4.87. The normalized spacial score (nSPS) is 16.1. The predicted molar refractivity (Wildman–Crippen MR) is 117 cm³/mol. The lowest BCUT2D eigenvalue weighted by Crippen LogP contribution is -2.40. The van der Waals surface area contributed by atoms with E-state index in [9.17, 15) is 9.59 Å². The highest BCUT2D eigenvalue weighted by Gasteiger charge is 2.30. The van der Waals surface area contributed by atoms with Crippen molar-refractivity contribution >= 4 is 34.4 Å². The minimum atomic E-state index is -0.448. The Morgan fingerprint density at radius 3 is 2.67 bits per heavy atom. The fourth-order valence-corrected chi connectivity index (χ4v) is 3.84. The fourth-order valence-electron chi connectivity index (χ4n) is 3.65. The molecule has 0 radical (unpaired) electrons. The number of imidazole rings is 1. The molecule has 1 atom stereocenters. The van der Waals surface area contributed by atoms with Crippen molar-refractivity contribution in [2.24, 2.45) is 12.1 Å². The van der Waals surface area contributed by atoms with Crippen LogP contribution >= 0.6 is 11.6 Å². The number of benzene rings is 1. The van der Waals surface area contributed by atoms with Gasteiger partial charge in [-0.3, -0.25) is 18.5 Å². The van der Waals surface area contributed by atoms with Gasteiger partial charge in [-0.15, -0.1) is 0 Å². The van der Waals surface area contributed by atoms with E-state index in [2.05, 4.69) is 10.1 Å². The van der Waals surface area contributed by atoms with Gasteiger partial charge in [0.1, 0.15) is 0 Å². The van der Waals surface area contributed by atoms with Crippen molar-refractivity contribution in [1.82, 2.24) is 18.7 Å². The first-order valence-corrected chi connectivity index (χ1v) is 9.99. The zero-order chi connectivity index (χ0) is 21.6. The lowest BCUT2D eigenvalue weighted by Gasteiger charge is -2.29. The summed E-state index contributed by atoms with van der Waals surface area (Å²) < 4.78 is 9.62. The molecule has 0 aliphatic carbocycles. The molecule has 0 N–H and O–H groups in total. The fraction of sp³-hybridized carbons (Fsp3) is 0.400. The highest BCUT2D eigenvalue weighted by atomic mass is 35.5. The van der Waals surface area contributed by atoms with Gasteiger partial charge in [-0.1, -0.05) is 29.8 Å². The maximum atomic E-state index is 13.5. The summed E-state index contributed by atoms with van der Waals surface area (Å²) in [5.41, 5.74) is 1.38. The molecule has 0 saturated heterocycles. The average Bonchev–Trinajstić information content (AvgIpc) is 3.14. The highest BCUT2D eigenvalue weighted by Crippen LogP contribution is 2.29. The summed E-state index contributed by atoms with van der Waals surface area (Å²) >= 11 is 6.26. The number of fused-ring (bicyclic) bond motifs is 3. The molecule has 158 valence electrons. The van der Waals surface area contributed by atoms with Gasteiger partial charge in [0.25, 0.3) is 5.56 Å². The summed E-state index contributed by atoms with van der Waals surface area (Å²) in [5.74, 6) is 0.516. The van der Waals surface area contributed by atoms with E-state index in [0.29, 0.717) is 40.8 Å². The Balaban J connectivity index is 1.96. The van der Waals surface area contributed by atoms with Crippen LogP contribution in [0.1, 0.15) is 25.5 Å². The van der Waals surface area contributed by atoms with Gasteiger partial charge in [0.05, 0.1) is 31.4 Å². The number of aryl methyl sites for hydroxylation is 1. The van der Waals surface area contributed by atoms with Crippen LogP contribution in [0.2, 0.25) is 5.02 Å². The van der Waals surface area contributed by atoms with Gasteiger partial charge in [-0.25, -0.2) is 9.80 Å². The Kier molecular flexibility index (Phi) is 5.25. The van der Waals surface area contributed by atoms with Crippen molar-refractivity contribution in [1.29, 1.82) is 0 Å². The van der Waals surface area contributed by atoms with Crippen LogP contribution in [0.25, 0.3) is 11.2 Å². The number of hydrogen-bond donors (Lipinski definition) is 0. The van der Waals surface area contributed by atoms with Crippen molar-refractivity contribution in [2.75, 3.05) is 25.3 Å². The third-order valence-electron chi connectivity index (χ3n) is 5.45. The van der Waals surface area contributed by atoms with E-state index < -0.39 is 11.2 Å². The second kappa shape index (κ2) is 7.73. The summed E-state index contributed by atoms with van der Waals surface area (Å²) in [6.07, 6.45) is 0. The first kappa shape index (κ1) is 20.4. The SMILES string of the molecule is COCCN1N=C(C)[C@H](C)n2c1nc1c2c(=O)n(Cc2ccccc2Cl)c(=O)n1C. The molecule has 0 bridgehead atoms. The standard InChI is InChI=1S/C20H23ClN6O3/c1-12-13(2)27-16-17(22-19(27)26(23-12)9-10-30-4)24(3)20(29)25(18(16)28)11-14-7-5-6-8-15(14)21/h5-8,13H,9-11H2,1-4H3/t13-/m0/s1. The van der Waals surface area contributed by atoms with Crippen LogP contribution < -0.4 is 16.3 Å². The molecule has 1 aromatic carbocycles. The average molecular weight is 431 g/mol. The van der Waals surface area contributed by atoms with Gasteiger partial charge in [0, 0.05) is 19.2 Å². The monoisotopic (exact) mass is 430 g/mol. The number of aromatic nitrogens is 4. The van der Waals surface area contributed by atoms with Crippen LogP contribution in [-0.2, 0) is 18.3 Å². The Hall–Kier alpha value is -2.91. The van der Waals surface area contributed by atoms with E-state index >= 15 is 0 Å². The van der Waals surface area contributed by atoms with Crippen LogP contribution in [0.5, 0.6) is 0 Å². The van der Waals surface area contributed by atoms with Crippen LogP contribution in [0.15, 0.2) is 39.0 Å². The van der Waals surface area contributed by atoms with Gasteiger partial charge in [0.15, 0.2) is 11.2 Å². The number of anilines is 1. The van der Waals surface area contributed by atoms with E-state index in [1.54, 1.807) is 31.3 Å². The molecule has 0 fully saturated rings. The van der Waals surface area contributed by atoms with Crippen LogP contribution in [0.4, 0.5) is 5.95 Å². The maximum Gasteiger partial charge on any atom is 0.332 e. The lowest BCUT2D eigenvalue weighted by atomic mass is 10.2. The van der Waals surface area contributed by atoms with E-state index in [1.165, 1.54) is 9.13 Å². The van der Waals surface area contributed by atoms with Crippen LogP contribution in [0.3, 0.4) is 0 Å². The molecule has 0 saturated carbocycles. The van der Waals surface area contributed by atoms with Gasteiger partial charge in [-0.05, 0) is 25.5 Å². The largest absolute Gasteiger partial charge is 0.383 e. The van der Waals surface area contributed by atoms with E-state index in [0.717, 1.165) is 5.71 Å². The molecular weight excluding hydrogens is 408 g/mol. The molecule has 10 heteroatoms. The minimum Gasteiger partial charge on any atom is -0.383 e. The number of ether oxygens (including phenoxy) is 1. The van der Waals surface area contributed by atoms with Crippen LogP contribution in [-0.4, -0.2) is 44.7 Å². The third kappa shape index (κ3) is 3.14. The summed E-state index contributed by atoms with van der Waals surface area (Å²) in [7, 11) is 3.23. The van der Waals surface area contributed by atoms with Crippen molar-refractivity contribution in [2.45, 2.75) is 26.4 Å². The lowest BCUT2D eigenvalue weighted by molar-refractivity contribution is 0.204. The Bertz CT molecular complexity index is 1270.